The Morgan fingerprint density at radius 3 is 2.11 bits per heavy atom. The van der Waals surface area contributed by atoms with Gasteiger partial charge in [0.05, 0.1) is 10.5 Å². The minimum atomic E-state index is -3.59. The number of amides is 1. The first-order valence-corrected chi connectivity index (χ1v) is 10.5. The quantitative estimate of drug-likeness (QED) is 0.735. The molecule has 0 atom stereocenters. The molecule has 7 heteroatoms. The molecule has 1 N–H and O–H groups in total. The maximum absolute atomic E-state index is 12.3. The lowest BCUT2D eigenvalue weighted by Gasteiger charge is -2.14. The number of ether oxygens (including phenoxy) is 1. The van der Waals surface area contributed by atoms with E-state index in [-0.39, 0.29) is 10.5 Å². The van der Waals surface area contributed by atoms with Crippen LogP contribution in [0.3, 0.4) is 0 Å². The lowest BCUT2D eigenvalue weighted by Crippen LogP contribution is -2.23. The molecular formula is C20H23NO5S. The smallest absolute Gasteiger partial charge is 0.339 e. The highest BCUT2D eigenvalue weighted by molar-refractivity contribution is 7.90. The molecule has 0 fully saturated rings. The van der Waals surface area contributed by atoms with Crippen molar-refractivity contribution in [2.24, 2.45) is 0 Å². The molecule has 0 aliphatic rings. The monoisotopic (exact) mass is 389 g/mol. The zero-order chi connectivity index (χ0) is 20.0. The van der Waals surface area contributed by atoms with Crippen LogP contribution in [0.5, 0.6) is 0 Å². The van der Waals surface area contributed by atoms with E-state index in [9.17, 15) is 18.0 Å². The van der Waals surface area contributed by atoms with Crippen molar-refractivity contribution in [2.45, 2.75) is 31.6 Å². The number of hydrogen-bond donors (Lipinski definition) is 1. The van der Waals surface area contributed by atoms with Gasteiger partial charge in [0.1, 0.15) is 0 Å². The van der Waals surface area contributed by atoms with Gasteiger partial charge in [-0.05, 0) is 36.1 Å². The van der Waals surface area contributed by atoms with Crippen molar-refractivity contribution in [1.29, 1.82) is 0 Å². The molecule has 0 heterocycles. The van der Waals surface area contributed by atoms with Gasteiger partial charge >= 0.3 is 5.97 Å². The average Bonchev–Trinajstić information content (AvgIpc) is 2.65. The van der Waals surface area contributed by atoms with E-state index in [1.165, 1.54) is 24.3 Å². The molecule has 27 heavy (non-hydrogen) atoms. The van der Waals surface area contributed by atoms with Crippen molar-refractivity contribution in [3.05, 3.63) is 59.2 Å². The fourth-order valence-electron chi connectivity index (χ4n) is 2.75. The van der Waals surface area contributed by atoms with Crippen molar-refractivity contribution < 1.29 is 22.7 Å². The fourth-order valence-corrected chi connectivity index (χ4v) is 3.62. The van der Waals surface area contributed by atoms with E-state index < -0.39 is 28.3 Å². The summed E-state index contributed by atoms with van der Waals surface area (Å²) in [4.78, 5) is 24.4. The number of carbonyl (C=O) groups excluding carboxylic acids is 2. The van der Waals surface area contributed by atoms with Crippen LogP contribution in [-0.2, 0) is 32.2 Å². The molecule has 0 aliphatic carbocycles. The van der Waals surface area contributed by atoms with Crippen LogP contribution in [0.1, 0.15) is 35.3 Å². The topological polar surface area (TPSA) is 89.5 Å². The predicted molar refractivity (Wildman–Crippen MR) is 104 cm³/mol. The van der Waals surface area contributed by atoms with Crippen molar-refractivity contribution in [1.82, 2.24) is 0 Å². The lowest BCUT2D eigenvalue weighted by atomic mass is 10.0. The number of anilines is 1. The van der Waals surface area contributed by atoms with Crippen molar-refractivity contribution in [2.75, 3.05) is 18.2 Å². The highest BCUT2D eigenvalue weighted by atomic mass is 32.2. The first-order valence-electron chi connectivity index (χ1n) is 8.64. The number of aryl methyl sites for hydroxylation is 2. The summed E-state index contributed by atoms with van der Waals surface area (Å²) >= 11 is 0. The number of sulfone groups is 1. The number of para-hydroxylation sites is 1. The van der Waals surface area contributed by atoms with Gasteiger partial charge in [0.2, 0.25) is 0 Å². The summed E-state index contributed by atoms with van der Waals surface area (Å²) in [5.74, 6) is -1.33. The molecule has 0 aliphatic heterocycles. The maximum atomic E-state index is 12.3. The Kier molecular flexibility index (Phi) is 6.74. The second-order valence-electron chi connectivity index (χ2n) is 6.05. The van der Waals surface area contributed by atoms with Crippen LogP contribution in [0.25, 0.3) is 0 Å². The van der Waals surface area contributed by atoms with E-state index in [2.05, 4.69) is 5.32 Å². The van der Waals surface area contributed by atoms with E-state index in [0.29, 0.717) is 0 Å². The molecule has 0 spiro atoms. The van der Waals surface area contributed by atoms with Crippen LogP contribution in [0.15, 0.2) is 47.4 Å². The Labute approximate surface area is 159 Å². The largest absolute Gasteiger partial charge is 0.452 e. The fraction of sp³-hybridized carbons (Fsp3) is 0.300. The second kappa shape index (κ2) is 8.81. The summed E-state index contributed by atoms with van der Waals surface area (Å²) in [6.07, 6.45) is 2.52. The first-order chi connectivity index (χ1) is 12.8. The number of rotatable bonds is 7. The van der Waals surface area contributed by atoms with Gasteiger partial charge < -0.3 is 10.1 Å². The molecule has 0 saturated carbocycles. The van der Waals surface area contributed by atoms with Crippen LogP contribution in [0.4, 0.5) is 5.69 Å². The summed E-state index contributed by atoms with van der Waals surface area (Å²) in [6.45, 7) is 3.48. The summed E-state index contributed by atoms with van der Waals surface area (Å²) in [5, 5.41) is 2.80. The average molecular weight is 389 g/mol. The van der Waals surface area contributed by atoms with Gasteiger partial charge in [-0.15, -0.1) is 0 Å². The minimum absolute atomic E-state index is 0.0870. The highest BCUT2D eigenvalue weighted by Gasteiger charge is 2.20. The second-order valence-corrected chi connectivity index (χ2v) is 8.04. The maximum Gasteiger partial charge on any atom is 0.339 e. The molecule has 0 saturated heterocycles. The highest BCUT2D eigenvalue weighted by Crippen LogP contribution is 2.22. The summed E-state index contributed by atoms with van der Waals surface area (Å²) in [6, 6.07) is 11.6. The van der Waals surface area contributed by atoms with Crippen LogP contribution >= 0.6 is 0 Å². The third-order valence-corrected chi connectivity index (χ3v) is 5.26. The molecule has 0 unspecified atom stereocenters. The number of esters is 1. The van der Waals surface area contributed by atoms with Gasteiger partial charge in [0.25, 0.3) is 5.91 Å². The minimum Gasteiger partial charge on any atom is -0.452 e. The van der Waals surface area contributed by atoms with E-state index in [4.69, 9.17) is 4.74 Å². The van der Waals surface area contributed by atoms with Crippen molar-refractivity contribution in [3.8, 4) is 0 Å². The number of hydrogen-bond acceptors (Lipinski definition) is 5. The van der Waals surface area contributed by atoms with Crippen molar-refractivity contribution >= 4 is 27.4 Å². The Hall–Kier alpha value is -2.67. The van der Waals surface area contributed by atoms with Gasteiger partial charge in [-0.1, -0.05) is 44.2 Å². The molecule has 144 valence electrons. The summed E-state index contributed by atoms with van der Waals surface area (Å²) < 4.78 is 28.6. The van der Waals surface area contributed by atoms with Gasteiger partial charge in [0, 0.05) is 11.9 Å². The first kappa shape index (κ1) is 20.6. The van der Waals surface area contributed by atoms with Crippen LogP contribution in [0, 0.1) is 0 Å². The molecule has 6 nitrogen and oxygen atoms in total. The predicted octanol–water partition coefficient (Wildman–Crippen LogP) is 3.01. The molecule has 0 aromatic heterocycles. The van der Waals surface area contributed by atoms with Crippen LogP contribution < -0.4 is 5.32 Å². The van der Waals surface area contributed by atoms with E-state index in [1.54, 1.807) is 0 Å². The van der Waals surface area contributed by atoms with Gasteiger partial charge in [-0.25, -0.2) is 13.2 Å². The Morgan fingerprint density at radius 1 is 0.963 bits per heavy atom. The third kappa shape index (κ3) is 5.17. The molecule has 2 rings (SSSR count). The van der Waals surface area contributed by atoms with Gasteiger partial charge in [0.15, 0.2) is 16.4 Å². The Balaban J connectivity index is 2.11. The normalized spacial score (nSPS) is 11.1. The van der Waals surface area contributed by atoms with Crippen LogP contribution in [-0.4, -0.2) is 33.2 Å². The van der Waals surface area contributed by atoms with E-state index >= 15 is 0 Å². The SMILES string of the molecule is CCc1cccc(CC)c1NC(=O)COC(=O)c1ccccc1S(C)(=O)=O. The van der Waals surface area contributed by atoms with Gasteiger partial charge in [-0.3, -0.25) is 4.79 Å². The van der Waals surface area contributed by atoms with E-state index in [0.717, 1.165) is 35.9 Å². The zero-order valence-electron chi connectivity index (χ0n) is 15.6. The third-order valence-electron chi connectivity index (χ3n) is 4.10. The summed E-state index contributed by atoms with van der Waals surface area (Å²) in [7, 11) is -3.59. The Morgan fingerprint density at radius 2 is 1.56 bits per heavy atom. The number of nitrogens with one attached hydrogen (secondary N) is 1. The number of carbonyl (C=O) groups is 2. The zero-order valence-corrected chi connectivity index (χ0v) is 16.4. The van der Waals surface area contributed by atoms with Gasteiger partial charge in [-0.2, -0.15) is 0 Å². The molecule has 0 bridgehead atoms. The van der Waals surface area contributed by atoms with E-state index in [1.807, 2.05) is 32.0 Å². The lowest BCUT2D eigenvalue weighted by molar-refractivity contribution is -0.119. The number of benzene rings is 2. The molecule has 1 amide bonds. The van der Waals surface area contributed by atoms with Crippen molar-refractivity contribution in [3.63, 3.8) is 0 Å². The summed E-state index contributed by atoms with van der Waals surface area (Å²) in [5.41, 5.74) is 2.64. The molecule has 0 radical (unpaired) electrons. The molecular weight excluding hydrogens is 366 g/mol. The van der Waals surface area contributed by atoms with Crippen LogP contribution in [0.2, 0.25) is 0 Å². The standard InChI is InChI=1S/C20H23NO5S/c1-4-14-9-8-10-15(5-2)19(14)21-18(22)13-26-20(23)16-11-6-7-12-17(16)27(3,24)25/h6-12H,4-5,13H2,1-3H3,(H,21,22). The molecule has 2 aromatic rings. The molecule has 2 aromatic carbocycles. The Bertz CT molecular complexity index is 928.